The Morgan fingerprint density at radius 1 is 0.700 bits per heavy atom. The summed E-state index contributed by atoms with van der Waals surface area (Å²) in [4.78, 5) is 9.45. The largest absolute Gasteiger partial charge is 0.506 e. The van der Waals surface area contributed by atoms with Crippen molar-refractivity contribution in [2.45, 2.75) is 0 Å². The molecule has 0 bridgehead atoms. The molecule has 0 aliphatic rings. The van der Waals surface area contributed by atoms with Gasteiger partial charge in [0.1, 0.15) is 11.4 Å². The molecule has 5 nitrogen and oxygen atoms in total. The van der Waals surface area contributed by atoms with Crippen molar-refractivity contribution in [1.82, 2.24) is 14.5 Å². The van der Waals surface area contributed by atoms with Crippen molar-refractivity contribution in [3.63, 3.8) is 0 Å². The number of aromatic nitrogens is 3. The zero-order valence-electron chi connectivity index (χ0n) is 21.1. The number of hydrogen-bond donors (Lipinski definition) is 1. The first-order valence-electron chi connectivity index (χ1n) is 12.7. The zero-order chi connectivity index (χ0) is 26.2. The van der Waals surface area contributed by atoms with E-state index in [9.17, 15) is 5.11 Å². The Labute approximate surface area is 245 Å². The summed E-state index contributed by atoms with van der Waals surface area (Å²) < 4.78 is 8.12. The second-order valence-electron chi connectivity index (χ2n) is 9.19. The Kier molecular flexibility index (Phi) is 6.89. The predicted octanol–water partition coefficient (Wildman–Crippen LogP) is 8.20. The Morgan fingerprint density at radius 3 is 2.38 bits per heavy atom. The van der Waals surface area contributed by atoms with Crippen LogP contribution in [0.3, 0.4) is 0 Å². The second-order valence-corrected chi connectivity index (χ2v) is 9.19. The van der Waals surface area contributed by atoms with Crippen LogP contribution in [0, 0.1) is 6.07 Å². The van der Waals surface area contributed by atoms with Crippen molar-refractivity contribution in [2.75, 3.05) is 0 Å². The average Bonchev–Trinajstić information content (AvgIpc) is 3.32. The Hall–Kier alpha value is -4.73. The van der Waals surface area contributed by atoms with Crippen LogP contribution in [-0.2, 0) is 21.1 Å². The Bertz CT molecular complexity index is 1970. The standard InChI is InChI=1S/C34H22N3O2.Pt/c38-32-16-7-6-15-31(32)37-30-14-5-4-13-27(30)28-17-18-29(36-34(28)37)25-11-8-12-26(21-25)39-33-22-24(19-20-35-33)23-9-2-1-3-10-23;/h1-20,22,38H;/q-1;. The van der Waals surface area contributed by atoms with Gasteiger partial charge in [0.15, 0.2) is 0 Å². The van der Waals surface area contributed by atoms with E-state index in [0.717, 1.165) is 44.3 Å². The number of benzene rings is 4. The molecule has 6 heteroatoms. The molecule has 0 fully saturated rings. The van der Waals surface area contributed by atoms with Crippen LogP contribution in [-0.4, -0.2) is 19.6 Å². The van der Waals surface area contributed by atoms with Gasteiger partial charge in [-0.15, -0.1) is 23.8 Å². The number of fused-ring (bicyclic) bond motifs is 3. The zero-order valence-corrected chi connectivity index (χ0v) is 23.4. The molecule has 3 heterocycles. The molecule has 4 aromatic carbocycles. The van der Waals surface area contributed by atoms with E-state index in [1.807, 2.05) is 95.6 Å². The Morgan fingerprint density at radius 2 is 1.50 bits per heavy atom. The summed E-state index contributed by atoms with van der Waals surface area (Å²) in [5.41, 5.74) is 6.08. The number of pyridine rings is 2. The molecule has 196 valence electrons. The van der Waals surface area contributed by atoms with Crippen LogP contribution in [0.25, 0.3) is 50.0 Å². The predicted molar refractivity (Wildman–Crippen MR) is 154 cm³/mol. The summed E-state index contributed by atoms with van der Waals surface area (Å²) in [6.45, 7) is 0. The van der Waals surface area contributed by atoms with E-state index >= 15 is 0 Å². The molecule has 1 N–H and O–H groups in total. The van der Waals surface area contributed by atoms with E-state index in [1.165, 1.54) is 0 Å². The molecule has 0 atom stereocenters. The van der Waals surface area contributed by atoms with E-state index < -0.39 is 0 Å². The van der Waals surface area contributed by atoms with Crippen molar-refractivity contribution in [2.24, 2.45) is 0 Å². The topological polar surface area (TPSA) is 60.2 Å². The van der Waals surface area contributed by atoms with Crippen molar-refractivity contribution < 1.29 is 30.9 Å². The number of rotatable bonds is 5. The molecule has 0 unspecified atom stereocenters. The van der Waals surface area contributed by atoms with Gasteiger partial charge < -0.3 is 9.84 Å². The minimum absolute atomic E-state index is 0. The normalized spacial score (nSPS) is 10.9. The smallest absolute Gasteiger partial charge is 0.217 e. The molecule has 0 spiro atoms. The third-order valence-electron chi connectivity index (χ3n) is 6.75. The number of hydrogen-bond acceptors (Lipinski definition) is 4. The van der Waals surface area contributed by atoms with Gasteiger partial charge in [0, 0.05) is 49.9 Å². The first-order chi connectivity index (χ1) is 19.2. The maximum Gasteiger partial charge on any atom is 0.217 e. The van der Waals surface area contributed by atoms with E-state index in [1.54, 1.807) is 12.3 Å². The van der Waals surface area contributed by atoms with Gasteiger partial charge in [0.25, 0.3) is 0 Å². The van der Waals surface area contributed by atoms with E-state index in [4.69, 9.17) is 9.72 Å². The van der Waals surface area contributed by atoms with Gasteiger partial charge >= 0.3 is 0 Å². The number of nitrogens with zero attached hydrogens (tertiary/aromatic N) is 3. The third kappa shape index (κ3) is 4.65. The molecule has 40 heavy (non-hydrogen) atoms. The van der Waals surface area contributed by atoms with Gasteiger partial charge in [-0.25, -0.2) is 4.98 Å². The van der Waals surface area contributed by atoms with Gasteiger partial charge in [-0.2, -0.15) is 0 Å². The minimum Gasteiger partial charge on any atom is -0.506 e. The first kappa shape index (κ1) is 25.5. The van der Waals surface area contributed by atoms with Crippen LogP contribution >= 0.6 is 0 Å². The Balaban J connectivity index is 0.00000289. The van der Waals surface area contributed by atoms with Crippen LogP contribution < -0.4 is 4.74 Å². The van der Waals surface area contributed by atoms with Crippen LogP contribution in [0.4, 0.5) is 0 Å². The molecule has 7 rings (SSSR count). The van der Waals surface area contributed by atoms with E-state index in [2.05, 4.69) is 35.3 Å². The van der Waals surface area contributed by atoms with Gasteiger partial charge in [-0.05, 0) is 41.1 Å². The fourth-order valence-corrected chi connectivity index (χ4v) is 4.93. The van der Waals surface area contributed by atoms with Gasteiger partial charge in [0.2, 0.25) is 5.88 Å². The van der Waals surface area contributed by atoms with Crippen LogP contribution in [0.1, 0.15) is 0 Å². The third-order valence-corrected chi connectivity index (χ3v) is 6.75. The minimum atomic E-state index is 0. The molecular formula is C34H22N3O2Pt-. The molecule has 3 aromatic heterocycles. The summed E-state index contributed by atoms with van der Waals surface area (Å²) >= 11 is 0. The van der Waals surface area contributed by atoms with Crippen LogP contribution in [0.5, 0.6) is 17.4 Å². The second kappa shape index (κ2) is 10.8. The molecule has 7 aromatic rings. The molecular weight excluding hydrogens is 677 g/mol. The van der Waals surface area contributed by atoms with Gasteiger partial charge in [-0.1, -0.05) is 78.9 Å². The fourth-order valence-electron chi connectivity index (χ4n) is 4.93. The van der Waals surface area contributed by atoms with Crippen molar-refractivity contribution in [3.8, 4) is 45.5 Å². The summed E-state index contributed by atoms with van der Waals surface area (Å²) in [5, 5.41) is 12.8. The number of phenolic OH excluding ortho intramolecular Hbond substituents is 1. The number of aromatic hydroxyl groups is 1. The quantitative estimate of drug-likeness (QED) is 0.184. The first-order valence-corrected chi connectivity index (χ1v) is 12.7. The molecule has 0 aliphatic carbocycles. The van der Waals surface area contributed by atoms with Crippen LogP contribution in [0.2, 0.25) is 0 Å². The average molecular weight is 700 g/mol. The molecule has 0 saturated carbocycles. The summed E-state index contributed by atoms with van der Waals surface area (Å²) in [6.07, 6.45) is 1.74. The van der Waals surface area contributed by atoms with Gasteiger partial charge in [0.05, 0.1) is 11.2 Å². The van der Waals surface area contributed by atoms with E-state index in [-0.39, 0.29) is 26.8 Å². The van der Waals surface area contributed by atoms with Crippen molar-refractivity contribution in [3.05, 3.63) is 134 Å². The monoisotopic (exact) mass is 699 g/mol. The molecule has 0 radical (unpaired) electrons. The fraction of sp³-hybridized carbons (Fsp3) is 0. The number of para-hydroxylation sites is 3. The van der Waals surface area contributed by atoms with Crippen LogP contribution in [0.15, 0.2) is 128 Å². The summed E-state index contributed by atoms with van der Waals surface area (Å²) in [6, 6.07) is 42.6. The maximum absolute atomic E-state index is 10.7. The SMILES string of the molecule is Oc1ccccc1-n1c2ccccc2c2ccc(-c3[c-]c(Oc4cc(-c5ccccc5)ccn4)ccc3)nc21.[Pt]. The molecule has 0 amide bonds. The van der Waals surface area contributed by atoms with Crippen molar-refractivity contribution >= 4 is 21.9 Å². The molecule has 0 aliphatic heterocycles. The number of ether oxygens (including phenoxy) is 1. The van der Waals surface area contributed by atoms with Gasteiger partial charge in [-0.3, -0.25) is 9.55 Å². The molecule has 0 saturated heterocycles. The summed E-state index contributed by atoms with van der Waals surface area (Å²) in [7, 11) is 0. The summed E-state index contributed by atoms with van der Waals surface area (Å²) in [5.74, 6) is 1.24. The maximum atomic E-state index is 10.7. The van der Waals surface area contributed by atoms with E-state index in [0.29, 0.717) is 17.3 Å². The number of phenols is 1. The van der Waals surface area contributed by atoms with Crippen molar-refractivity contribution in [1.29, 1.82) is 0 Å².